The van der Waals surface area contributed by atoms with E-state index >= 15 is 0 Å². The van der Waals surface area contributed by atoms with Crippen LogP contribution in [0, 0.1) is 0 Å². The monoisotopic (exact) mass is 541 g/mol. The van der Waals surface area contributed by atoms with Crippen LogP contribution in [0.4, 0.5) is 0 Å². The van der Waals surface area contributed by atoms with Crippen LogP contribution in [0.5, 0.6) is 5.75 Å². The number of methoxy groups -OCH3 is 2. The maximum Gasteiger partial charge on any atom is 0.337 e. The van der Waals surface area contributed by atoms with Gasteiger partial charge in [0, 0.05) is 5.56 Å². The molecule has 10 nitrogen and oxygen atoms in total. The molecule has 1 saturated heterocycles. The van der Waals surface area contributed by atoms with Crippen LogP contribution in [-0.2, 0) is 20.0 Å². The summed E-state index contributed by atoms with van der Waals surface area (Å²) in [5, 5.41) is 33.9. The molecule has 34 heavy (non-hydrogen) atoms. The summed E-state index contributed by atoms with van der Waals surface area (Å²) in [6.07, 6.45) is -3.94. The lowest BCUT2D eigenvalue weighted by molar-refractivity contribution is -0.314. The normalized spacial score (nSPS) is 26.2. The van der Waals surface area contributed by atoms with E-state index < -0.39 is 48.7 Å². The number of carbonyl (C=O) groups is 2. The van der Waals surface area contributed by atoms with Gasteiger partial charge in [0.2, 0.25) is 0 Å². The largest absolute Gasteiger partial charge is 0.465 e. The van der Waals surface area contributed by atoms with Crippen LogP contribution in [0.25, 0.3) is 0 Å². The number of halogens is 1. The van der Waals surface area contributed by atoms with Gasteiger partial charge in [-0.3, -0.25) is 0 Å². The molecule has 4 N–H and O–H groups in total. The van der Waals surface area contributed by atoms with E-state index in [0.717, 1.165) is 0 Å². The second kappa shape index (κ2) is 11.7. The molecule has 0 radical (unpaired) electrons. The van der Waals surface area contributed by atoms with E-state index in [1.54, 1.807) is 19.2 Å². The number of hydrogen-bond acceptors (Lipinski definition) is 10. The SMILES string of the molecule is Br.CN[C@@H]1[C@@H](O)[C@H](O)[C@@H](CO)OC1(Oc1ccc(C(=O)OC)cc1)c1ccc(C(=O)OC)cc1. The standard InChI is InChI=1S/C23H27NO9.BrH/c1-24-20-19(27)18(26)17(12-25)33-23(20,15-8-4-13(5-9-15)21(28)30-2)32-16-10-6-14(7-11-16)22(29)31-3;/h4-11,17-20,24-27H,12H2,1-3H3;1H/t17-,18-,19+,20-,23?;/m1./s1. The summed E-state index contributed by atoms with van der Waals surface area (Å²) in [7, 11) is 4.10. The summed E-state index contributed by atoms with van der Waals surface area (Å²) in [6, 6.07) is 11.2. The predicted molar refractivity (Wildman–Crippen MR) is 125 cm³/mol. The van der Waals surface area contributed by atoms with Crippen LogP contribution in [0.1, 0.15) is 26.3 Å². The summed E-state index contributed by atoms with van der Waals surface area (Å²) in [5.74, 6) is -2.49. The number of likely N-dealkylation sites (N-methyl/N-ethyl adjacent to an activating group) is 1. The van der Waals surface area contributed by atoms with Gasteiger partial charge < -0.3 is 39.6 Å². The zero-order valence-electron chi connectivity index (χ0n) is 18.8. The molecule has 1 fully saturated rings. The highest BCUT2D eigenvalue weighted by atomic mass is 79.9. The van der Waals surface area contributed by atoms with Crippen molar-refractivity contribution in [2.24, 2.45) is 0 Å². The maximum absolute atomic E-state index is 11.9. The minimum absolute atomic E-state index is 0. The Morgan fingerprint density at radius 3 is 1.88 bits per heavy atom. The van der Waals surface area contributed by atoms with Crippen molar-refractivity contribution in [1.29, 1.82) is 0 Å². The number of nitrogens with one attached hydrogen (secondary N) is 1. The Hall–Kier alpha value is -2.54. The molecule has 1 unspecified atom stereocenters. The molecule has 0 saturated carbocycles. The van der Waals surface area contributed by atoms with Crippen LogP contribution in [0.15, 0.2) is 48.5 Å². The van der Waals surface area contributed by atoms with Gasteiger partial charge in [-0.05, 0) is 43.4 Å². The Morgan fingerprint density at radius 1 is 0.941 bits per heavy atom. The van der Waals surface area contributed by atoms with E-state index in [-0.39, 0.29) is 28.3 Å². The number of esters is 2. The van der Waals surface area contributed by atoms with Gasteiger partial charge in [0.1, 0.15) is 30.1 Å². The highest BCUT2D eigenvalue weighted by Crippen LogP contribution is 2.40. The van der Waals surface area contributed by atoms with Gasteiger partial charge in [0.25, 0.3) is 5.79 Å². The molecule has 0 amide bonds. The molecule has 0 aliphatic carbocycles. The fourth-order valence-electron chi connectivity index (χ4n) is 3.82. The Bertz CT molecular complexity index is 969. The van der Waals surface area contributed by atoms with Crippen molar-refractivity contribution in [3.8, 4) is 5.75 Å². The number of rotatable bonds is 7. The molecule has 1 heterocycles. The smallest absolute Gasteiger partial charge is 0.337 e. The third-order valence-electron chi connectivity index (χ3n) is 5.55. The number of aliphatic hydroxyl groups is 3. The van der Waals surface area contributed by atoms with Gasteiger partial charge in [-0.15, -0.1) is 17.0 Å². The summed E-state index contributed by atoms with van der Waals surface area (Å²) < 4.78 is 21.8. The van der Waals surface area contributed by atoms with Gasteiger partial charge >= 0.3 is 11.9 Å². The van der Waals surface area contributed by atoms with E-state index in [9.17, 15) is 24.9 Å². The number of aliphatic hydroxyl groups excluding tert-OH is 3. The van der Waals surface area contributed by atoms with E-state index in [0.29, 0.717) is 11.1 Å². The number of ether oxygens (including phenoxy) is 4. The van der Waals surface area contributed by atoms with Gasteiger partial charge in [0.05, 0.1) is 32.0 Å². The Morgan fingerprint density at radius 2 is 1.44 bits per heavy atom. The quantitative estimate of drug-likeness (QED) is 0.371. The van der Waals surface area contributed by atoms with Gasteiger partial charge in [-0.2, -0.15) is 0 Å². The van der Waals surface area contributed by atoms with Crippen molar-refractivity contribution in [1.82, 2.24) is 5.32 Å². The summed E-state index contributed by atoms with van der Waals surface area (Å²) >= 11 is 0. The van der Waals surface area contributed by atoms with Crippen LogP contribution in [0.2, 0.25) is 0 Å². The topological polar surface area (TPSA) is 144 Å². The Balaban J connectivity index is 0.00000408. The minimum atomic E-state index is -1.72. The van der Waals surface area contributed by atoms with Crippen LogP contribution in [0.3, 0.4) is 0 Å². The second-order valence-electron chi connectivity index (χ2n) is 7.44. The van der Waals surface area contributed by atoms with Gasteiger partial charge in [0.15, 0.2) is 0 Å². The lowest BCUT2D eigenvalue weighted by Crippen LogP contribution is -2.69. The average molecular weight is 542 g/mol. The van der Waals surface area contributed by atoms with Crippen LogP contribution >= 0.6 is 17.0 Å². The molecule has 2 aromatic rings. The zero-order chi connectivity index (χ0) is 24.2. The molecule has 5 atom stereocenters. The highest BCUT2D eigenvalue weighted by molar-refractivity contribution is 8.93. The van der Waals surface area contributed by atoms with Crippen molar-refractivity contribution in [3.63, 3.8) is 0 Å². The molecule has 186 valence electrons. The highest BCUT2D eigenvalue weighted by Gasteiger charge is 2.56. The third-order valence-corrected chi connectivity index (χ3v) is 5.55. The van der Waals surface area contributed by atoms with Crippen LogP contribution < -0.4 is 10.1 Å². The predicted octanol–water partition coefficient (Wildman–Crippen LogP) is 0.770. The van der Waals surface area contributed by atoms with Gasteiger partial charge in [-0.1, -0.05) is 12.1 Å². The summed E-state index contributed by atoms with van der Waals surface area (Å²) in [4.78, 5) is 23.6. The van der Waals surface area contributed by atoms with E-state index in [1.807, 2.05) is 0 Å². The first-order valence-corrected chi connectivity index (χ1v) is 10.2. The summed E-state index contributed by atoms with van der Waals surface area (Å²) in [5.41, 5.74) is 0.991. The van der Waals surface area contributed by atoms with Crippen molar-refractivity contribution < 1.29 is 43.9 Å². The molecule has 1 aliphatic rings. The Kier molecular flexibility index (Phi) is 9.56. The Labute approximate surface area is 207 Å². The first-order chi connectivity index (χ1) is 15.8. The molecule has 0 bridgehead atoms. The van der Waals surface area contributed by atoms with Crippen molar-refractivity contribution in [2.75, 3.05) is 27.9 Å². The van der Waals surface area contributed by atoms with E-state index in [1.165, 1.54) is 50.6 Å². The molecule has 0 aromatic heterocycles. The molecular formula is C23H28BrNO9. The lowest BCUT2D eigenvalue weighted by Gasteiger charge is -2.50. The molecule has 2 aromatic carbocycles. The summed E-state index contributed by atoms with van der Waals surface area (Å²) in [6.45, 7) is -0.582. The molecule has 3 rings (SSSR count). The molecule has 11 heteroatoms. The average Bonchev–Trinajstić information content (AvgIpc) is 2.85. The molecule has 0 spiro atoms. The second-order valence-corrected chi connectivity index (χ2v) is 7.44. The van der Waals surface area contributed by atoms with E-state index in [2.05, 4.69) is 5.32 Å². The lowest BCUT2D eigenvalue weighted by atomic mass is 9.85. The fourth-order valence-corrected chi connectivity index (χ4v) is 3.82. The van der Waals surface area contributed by atoms with Crippen molar-refractivity contribution in [3.05, 3.63) is 65.2 Å². The van der Waals surface area contributed by atoms with E-state index in [4.69, 9.17) is 18.9 Å². The fraction of sp³-hybridized carbons (Fsp3) is 0.391. The first-order valence-electron chi connectivity index (χ1n) is 10.2. The van der Waals surface area contributed by atoms with Gasteiger partial charge in [-0.25, -0.2) is 9.59 Å². The van der Waals surface area contributed by atoms with Crippen molar-refractivity contribution >= 4 is 28.9 Å². The molecule has 1 aliphatic heterocycles. The van der Waals surface area contributed by atoms with Crippen LogP contribution in [-0.4, -0.2) is 79.5 Å². The minimum Gasteiger partial charge on any atom is -0.465 e. The third kappa shape index (κ3) is 5.24. The zero-order valence-corrected chi connectivity index (χ0v) is 20.5. The number of carbonyl (C=O) groups excluding carboxylic acids is 2. The number of hydrogen-bond donors (Lipinski definition) is 4. The van der Waals surface area contributed by atoms with Crippen molar-refractivity contribution in [2.45, 2.75) is 30.1 Å². The number of benzene rings is 2. The molecular weight excluding hydrogens is 514 g/mol. The maximum atomic E-state index is 11.9. The first kappa shape index (κ1) is 27.7.